The SMILES string of the molecule is CC(C)CC(=O)NCCNc1nc(C(C)C)nc2c1cnn2-c1ccccc1. The molecule has 0 radical (unpaired) electrons. The summed E-state index contributed by atoms with van der Waals surface area (Å²) in [5.74, 6) is 2.12. The van der Waals surface area contributed by atoms with Crippen molar-refractivity contribution in [2.45, 2.75) is 40.0 Å². The van der Waals surface area contributed by atoms with E-state index in [4.69, 9.17) is 4.98 Å². The number of para-hydroxylation sites is 1. The molecule has 2 aromatic heterocycles. The van der Waals surface area contributed by atoms with Crippen molar-refractivity contribution < 1.29 is 4.79 Å². The van der Waals surface area contributed by atoms with E-state index in [0.717, 1.165) is 28.4 Å². The summed E-state index contributed by atoms with van der Waals surface area (Å²) in [7, 11) is 0. The van der Waals surface area contributed by atoms with Crippen LogP contribution in [0.4, 0.5) is 5.82 Å². The molecule has 0 unspecified atom stereocenters. The van der Waals surface area contributed by atoms with Crippen LogP contribution in [0.15, 0.2) is 36.5 Å². The van der Waals surface area contributed by atoms with Gasteiger partial charge in [-0.15, -0.1) is 0 Å². The van der Waals surface area contributed by atoms with E-state index in [1.807, 2.05) is 48.9 Å². The van der Waals surface area contributed by atoms with E-state index in [9.17, 15) is 4.79 Å². The van der Waals surface area contributed by atoms with Gasteiger partial charge in [-0.05, 0) is 18.1 Å². The van der Waals surface area contributed by atoms with Gasteiger partial charge in [0.15, 0.2) is 5.65 Å². The highest BCUT2D eigenvalue weighted by molar-refractivity contribution is 5.87. The first-order chi connectivity index (χ1) is 13.5. The van der Waals surface area contributed by atoms with Gasteiger partial charge in [-0.25, -0.2) is 14.6 Å². The molecule has 0 fully saturated rings. The van der Waals surface area contributed by atoms with E-state index in [2.05, 4.69) is 34.6 Å². The van der Waals surface area contributed by atoms with Gasteiger partial charge < -0.3 is 10.6 Å². The second kappa shape index (κ2) is 8.82. The number of benzene rings is 1. The number of hydrogen-bond acceptors (Lipinski definition) is 5. The first kappa shape index (κ1) is 19.8. The Bertz CT molecular complexity index is 933. The fourth-order valence-electron chi connectivity index (χ4n) is 2.90. The van der Waals surface area contributed by atoms with Crippen LogP contribution in [0.5, 0.6) is 0 Å². The van der Waals surface area contributed by atoms with E-state index < -0.39 is 0 Å². The van der Waals surface area contributed by atoms with Crippen molar-refractivity contribution in [2.24, 2.45) is 5.92 Å². The van der Waals surface area contributed by atoms with Gasteiger partial charge in [-0.1, -0.05) is 45.9 Å². The fourth-order valence-corrected chi connectivity index (χ4v) is 2.90. The maximum Gasteiger partial charge on any atom is 0.220 e. The monoisotopic (exact) mass is 380 g/mol. The number of fused-ring (bicyclic) bond motifs is 1. The molecule has 3 aromatic rings. The molecule has 0 bridgehead atoms. The molecule has 148 valence electrons. The van der Waals surface area contributed by atoms with Gasteiger partial charge in [0.25, 0.3) is 0 Å². The van der Waals surface area contributed by atoms with E-state index in [1.54, 1.807) is 6.20 Å². The predicted octanol–water partition coefficient (Wildman–Crippen LogP) is 3.51. The fraction of sp³-hybridized carbons (Fsp3) is 0.429. The van der Waals surface area contributed by atoms with Gasteiger partial charge in [0.05, 0.1) is 17.3 Å². The number of amides is 1. The summed E-state index contributed by atoms with van der Waals surface area (Å²) in [5, 5.41) is 11.7. The average molecular weight is 380 g/mol. The van der Waals surface area contributed by atoms with Crippen molar-refractivity contribution in [3.8, 4) is 5.69 Å². The lowest BCUT2D eigenvalue weighted by Gasteiger charge is -2.12. The third-order valence-electron chi connectivity index (χ3n) is 4.30. The zero-order valence-electron chi connectivity index (χ0n) is 16.9. The molecule has 28 heavy (non-hydrogen) atoms. The maximum atomic E-state index is 11.8. The molecular weight excluding hydrogens is 352 g/mol. The quantitative estimate of drug-likeness (QED) is 0.584. The van der Waals surface area contributed by atoms with Crippen LogP contribution in [-0.2, 0) is 4.79 Å². The topological polar surface area (TPSA) is 84.7 Å². The molecule has 7 nitrogen and oxygen atoms in total. The molecule has 2 N–H and O–H groups in total. The molecule has 0 aliphatic rings. The second-order valence-electron chi connectivity index (χ2n) is 7.59. The highest BCUT2D eigenvalue weighted by atomic mass is 16.1. The number of hydrogen-bond donors (Lipinski definition) is 2. The summed E-state index contributed by atoms with van der Waals surface area (Å²) in [6, 6.07) is 9.94. The van der Waals surface area contributed by atoms with Crippen molar-refractivity contribution >= 4 is 22.8 Å². The van der Waals surface area contributed by atoms with Gasteiger partial charge in [-0.2, -0.15) is 5.10 Å². The maximum absolute atomic E-state index is 11.8. The summed E-state index contributed by atoms with van der Waals surface area (Å²) in [4.78, 5) is 21.2. The van der Waals surface area contributed by atoms with Crippen molar-refractivity contribution in [1.29, 1.82) is 0 Å². The smallest absolute Gasteiger partial charge is 0.220 e. The Morgan fingerprint density at radius 2 is 1.82 bits per heavy atom. The molecule has 1 aromatic carbocycles. The average Bonchev–Trinajstić information content (AvgIpc) is 3.09. The highest BCUT2D eigenvalue weighted by Crippen LogP contribution is 2.24. The highest BCUT2D eigenvalue weighted by Gasteiger charge is 2.15. The third kappa shape index (κ3) is 4.65. The molecule has 1 amide bonds. The van der Waals surface area contributed by atoms with Crippen LogP contribution in [0.3, 0.4) is 0 Å². The van der Waals surface area contributed by atoms with E-state index in [1.165, 1.54) is 0 Å². The Morgan fingerprint density at radius 3 is 2.50 bits per heavy atom. The lowest BCUT2D eigenvalue weighted by molar-refractivity contribution is -0.121. The molecule has 0 aliphatic heterocycles. The Labute approximate surface area is 165 Å². The van der Waals surface area contributed by atoms with E-state index in [-0.39, 0.29) is 11.8 Å². The van der Waals surface area contributed by atoms with Crippen LogP contribution in [0.2, 0.25) is 0 Å². The second-order valence-corrected chi connectivity index (χ2v) is 7.59. The first-order valence-electron chi connectivity index (χ1n) is 9.77. The van der Waals surface area contributed by atoms with E-state index >= 15 is 0 Å². The van der Waals surface area contributed by atoms with Gasteiger partial charge in [-0.3, -0.25) is 4.79 Å². The first-order valence-corrected chi connectivity index (χ1v) is 9.77. The number of carbonyl (C=O) groups excluding carboxylic acids is 1. The summed E-state index contributed by atoms with van der Waals surface area (Å²) in [5.41, 5.74) is 1.73. The number of nitrogens with zero attached hydrogens (tertiary/aromatic N) is 4. The molecule has 0 aliphatic carbocycles. The molecule has 0 atom stereocenters. The molecule has 0 saturated heterocycles. The Kier molecular flexibility index (Phi) is 6.23. The molecule has 7 heteroatoms. The van der Waals surface area contributed by atoms with Crippen LogP contribution in [-0.4, -0.2) is 38.7 Å². The van der Waals surface area contributed by atoms with Crippen LogP contribution in [0.1, 0.15) is 45.9 Å². The number of rotatable bonds is 8. The molecule has 0 spiro atoms. The van der Waals surface area contributed by atoms with Gasteiger partial charge in [0, 0.05) is 25.4 Å². The predicted molar refractivity (Wildman–Crippen MR) is 112 cm³/mol. The minimum Gasteiger partial charge on any atom is -0.368 e. The van der Waals surface area contributed by atoms with Crippen LogP contribution in [0, 0.1) is 5.92 Å². The van der Waals surface area contributed by atoms with Crippen molar-refractivity contribution in [3.63, 3.8) is 0 Å². The van der Waals surface area contributed by atoms with Crippen molar-refractivity contribution in [3.05, 3.63) is 42.4 Å². The van der Waals surface area contributed by atoms with Crippen molar-refractivity contribution in [2.75, 3.05) is 18.4 Å². The normalized spacial score (nSPS) is 11.4. The summed E-state index contributed by atoms with van der Waals surface area (Å²) < 4.78 is 1.83. The van der Waals surface area contributed by atoms with Crippen LogP contribution >= 0.6 is 0 Å². The standard InChI is InChI=1S/C21H28N6O/c1-14(2)12-18(28)22-10-11-23-20-17-13-24-27(16-8-6-5-7-9-16)21(17)26-19(25-20)15(3)4/h5-9,13-15H,10-12H2,1-4H3,(H,22,28)(H,23,25,26). The molecule has 0 saturated carbocycles. The van der Waals surface area contributed by atoms with Gasteiger partial charge >= 0.3 is 0 Å². The van der Waals surface area contributed by atoms with E-state index in [0.29, 0.717) is 25.4 Å². The Morgan fingerprint density at radius 1 is 1.07 bits per heavy atom. The zero-order chi connectivity index (χ0) is 20.1. The van der Waals surface area contributed by atoms with Crippen LogP contribution < -0.4 is 10.6 Å². The number of nitrogens with one attached hydrogen (secondary N) is 2. The lowest BCUT2D eigenvalue weighted by atomic mass is 10.1. The Balaban J connectivity index is 1.82. The third-order valence-corrected chi connectivity index (χ3v) is 4.30. The minimum absolute atomic E-state index is 0.0735. The van der Waals surface area contributed by atoms with Crippen LogP contribution in [0.25, 0.3) is 16.7 Å². The molecule has 2 heterocycles. The van der Waals surface area contributed by atoms with Gasteiger partial charge in [0.1, 0.15) is 11.6 Å². The number of carbonyl (C=O) groups is 1. The summed E-state index contributed by atoms with van der Waals surface area (Å²) >= 11 is 0. The largest absolute Gasteiger partial charge is 0.368 e. The Hall–Kier alpha value is -2.96. The summed E-state index contributed by atoms with van der Waals surface area (Å²) in [6.45, 7) is 9.34. The number of anilines is 1. The molecule has 3 rings (SSSR count). The lowest BCUT2D eigenvalue weighted by Crippen LogP contribution is -2.29. The summed E-state index contributed by atoms with van der Waals surface area (Å²) in [6.07, 6.45) is 2.32. The minimum atomic E-state index is 0.0735. The molecular formula is C21H28N6O. The number of aromatic nitrogens is 4. The van der Waals surface area contributed by atoms with Gasteiger partial charge in [0.2, 0.25) is 5.91 Å². The zero-order valence-corrected chi connectivity index (χ0v) is 16.9. The van der Waals surface area contributed by atoms with Crippen molar-refractivity contribution in [1.82, 2.24) is 25.1 Å².